The van der Waals surface area contributed by atoms with Crippen LogP contribution >= 0.6 is 0 Å². The van der Waals surface area contributed by atoms with Crippen molar-refractivity contribution in [3.63, 3.8) is 0 Å². The molecule has 0 spiro atoms. The van der Waals surface area contributed by atoms with Gasteiger partial charge in [-0.05, 0) is 44.8 Å². The Kier molecular flexibility index (Phi) is 6.09. The molecule has 1 aliphatic rings. The number of nitrogens with two attached hydrogens (primary N) is 1. The normalized spacial score (nSPS) is 21.2. The number of likely N-dealkylation sites (N-methyl/N-ethyl adjacent to an activating group) is 1. The summed E-state index contributed by atoms with van der Waals surface area (Å²) in [5.41, 5.74) is 6.35. The molecule has 0 aromatic heterocycles. The summed E-state index contributed by atoms with van der Waals surface area (Å²) >= 11 is 0. The van der Waals surface area contributed by atoms with Crippen molar-refractivity contribution >= 4 is 0 Å². The van der Waals surface area contributed by atoms with Crippen molar-refractivity contribution in [2.45, 2.75) is 46.1 Å². The standard InChI is InChI=1S/C15H33N3/c1-13(2)10-17(5)15(12-16)6-8-18(9-7-15)11-14(3)4/h13-14H,6-12,16H2,1-5H3. The predicted molar refractivity (Wildman–Crippen MR) is 79.8 cm³/mol. The molecule has 18 heavy (non-hydrogen) atoms. The summed E-state index contributed by atoms with van der Waals surface area (Å²) in [7, 11) is 2.25. The van der Waals surface area contributed by atoms with Gasteiger partial charge in [0.05, 0.1) is 0 Å². The highest BCUT2D eigenvalue weighted by molar-refractivity contribution is 4.95. The molecule has 0 aromatic carbocycles. The first-order chi connectivity index (χ1) is 8.39. The molecule has 3 nitrogen and oxygen atoms in total. The summed E-state index contributed by atoms with van der Waals surface area (Å²) < 4.78 is 0. The molecule has 0 amide bonds. The Balaban J connectivity index is 2.54. The van der Waals surface area contributed by atoms with Crippen molar-refractivity contribution in [1.82, 2.24) is 9.80 Å². The smallest absolute Gasteiger partial charge is 0.0353 e. The first-order valence-electron chi connectivity index (χ1n) is 7.53. The number of likely N-dealkylation sites (tertiary alicyclic amines) is 1. The molecule has 0 aromatic rings. The van der Waals surface area contributed by atoms with Crippen molar-refractivity contribution < 1.29 is 0 Å². The van der Waals surface area contributed by atoms with E-state index in [2.05, 4.69) is 44.5 Å². The van der Waals surface area contributed by atoms with Crippen LogP contribution in [0.3, 0.4) is 0 Å². The van der Waals surface area contributed by atoms with E-state index in [1.807, 2.05) is 0 Å². The lowest BCUT2D eigenvalue weighted by atomic mass is 9.85. The minimum atomic E-state index is 0.248. The molecule has 1 aliphatic heterocycles. The molecule has 2 N–H and O–H groups in total. The van der Waals surface area contributed by atoms with E-state index in [4.69, 9.17) is 5.73 Å². The summed E-state index contributed by atoms with van der Waals surface area (Å²) in [6.07, 6.45) is 2.44. The highest BCUT2D eigenvalue weighted by Gasteiger charge is 2.36. The summed E-state index contributed by atoms with van der Waals surface area (Å²) in [5, 5.41) is 0. The maximum Gasteiger partial charge on any atom is 0.0353 e. The third kappa shape index (κ3) is 4.22. The number of rotatable bonds is 6. The molecule has 0 aliphatic carbocycles. The lowest BCUT2D eigenvalue weighted by Crippen LogP contribution is -2.59. The van der Waals surface area contributed by atoms with E-state index in [1.165, 1.54) is 32.5 Å². The van der Waals surface area contributed by atoms with E-state index in [9.17, 15) is 0 Å². The summed E-state index contributed by atoms with van der Waals surface area (Å²) in [5.74, 6) is 1.48. The number of nitrogens with zero attached hydrogens (tertiary/aromatic N) is 2. The lowest BCUT2D eigenvalue weighted by molar-refractivity contribution is 0.0346. The van der Waals surface area contributed by atoms with E-state index >= 15 is 0 Å². The zero-order valence-electron chi connectivity index (χ0n) is 13.1. The van der Waals surface area contributed by atoms with Crippen LogP contribution in [0, 0.1) is 11.8 Å². The van der Waals surface area contributed by atoms with Gasteiger partial charge < -0.3 is 10.6 Å². The molecule has 1 saturated heterocycles. The zero-order chi connectivity index (χ0) is 13.8. The van der Waals surface area contributed by atoms with Crippen molar-refractivity contribution in [3.8, 4) is 0 Å². The highest BCUT2D eigenvalue weighted by Crippen LogP contribution is 2.28. The molecule has 1 rings (SSSR count). The average molecular weight is 255 g/mol. The quantitative estimate of drug-likeness (QED) is 0.788. The molecular formula is C15H33N3. The van der Waals surface area contributed by atoms with Crippen LogP contribution in [0.25, 0.3) is 0 Å². The SMILES string of the molecule is CC(C)CN1CCC(CN)(N(C)CC(C)C)CC1. The Morgan fingerprint density at radius 3 is 2.06 bits per heavy atom. The maximum absolute atomic E-state index is 6.10. The molecule has 0 saturated carbocycles. The van der Waals surface area contributed by atoms with Gasteiger partial charge in [-0.25, -0.2) is 0 Å². The summed E-state index contributed by atoms with van der Waals surface area (Å²) in [6, 6.07) is 0. The van der Waals surface area contributed by atoms with Gasteiger partial charge in [0.15, 0.2) is 0 Å². The van der Waals surface area contributed by atoms with Crippen LogP contribution < -0.4 is 5.73 Å². The molecule has 0 radical (unpaired) electrons. The number of hydrogen-bond acceptors (Lipinski definition) is 3. The van der Waals surface area contributed by atoms with Crippen LogP contribution in [-0.2, 0) is 0 Å². The fourth-order valence-electron chi connectivity index (χ4n) is 3.15. The van der Waals surface area contributed by atoms with E-state index in [0.717, 1.165) is 19.0 Å². The molecule has 108 valence electrons. The molecule has 0 atom stereocenters. The topological polar surface area (TPSA) is 32.5 Å². The van der Waals surface area contributed by atoms with Crippen LogP contribution in [0.5, 0.6) is 0 Å². The summed E-state index contributed by atoms with van der Waals surface area (Å²) in [4.78, 5) is 5.12. The van der Waals surface area contributed by atoms with Crippen LogP contribution in [0.15, 0.2) is 0 Å². The van der Waals surface area contributed by atoms with Gasteiger partial charge in [-0.1, -0.05) is 27.7 Å². The fraction of sp³-hybridized carbons (Fsp3) is 1.00. The van der Waals surface area contributed by atoms with Gasteiger partial charge >= 0.3 is 0 Å². The van der Waals surface area contributed by atoms with Gasteiger partial charge in [0.2, 0.25) is 0 Å². The van der Waals surface area contributed by atoms with Gasteiger partial charge in [0.1, 0.15) is 0 Å². The number of hydrogen-bond donors (Lipinski definition) is 1. The van der Waals surface area contributed by atoms with Crippen LogP contribution in [-0.4, -0.2) is 55.1 Å². The van der Waals surface area contributed by atoms with Gasteiger partial charge in [-0.2, -0.15) is 0 Å². The van der Waals surface area contributed by atoms with Crippen molar-refractivity contribution in [3.05, 3.63) is 0 Å². The summed E-state index contributed by atoms with van der Waals surface area (Å²) in [6.45, 7) is 14.8. The number of piperidine rings is 1. The van der Waals surface area contributed by atoms with Crippen LogP contribution in [0.2, 0.25) is 0 Å². The van der Waals surface area contributed by atoms with Crippen molar-refractivity contribution in [2.24, 2.45) is 17.6 Å². The van der Waals surface area contributed by atoms with Crippen molar-refractivity contribution in [2.75, 3.05) is 39.8 Å². The molecular weight excluding hydrogens is 222 g/mol. The molecule has 3 heteroatoms. The monoisotopic (exact) mass is 255 g/mol. The fourth-order valence-corrected chi connectivity index (χ4v) is 3.15. The second-order valence-electron chi connectivity index (χ2n) is 6.90. The van der Waals surface area contributed by atoms with Crippen LogP contribution in [0.4, 0.5) is 0 Å². The minimum absolute atomic E-state index is 0.248. The van der Waals surface area contributed by atoms with E-state index < -0.39 is 0 Å². The van der Waals surface area contributed by atoms with E-state index in [0.29, 0.717) is 5.92 Å². The van der Waals surface area contributed by atoms with E-state index in [1.54, 1.807) is 0 Å². The van der Waals surface area contributed by atoms with E-state index in [-0.39, 0.29) is 5.54 Å². The highest BCUT2D eigenvalue weighted by atomic mass is 15.2. The Hall–Kier alpha value is -0.120. The minimum Gasteiger partial charge on any atom is -0.329 e. The Morgan fingerprint density at radius 1 is 1.11 bits per heavy atom. The first-order valence-corrected chi connectivity index (χ1v) is 7.53. The lowest BCUT2D eigenvalue weighted by Gasteiger charge is -2.48. The Labute approximate surface area is 114 Å². The van der Waals surface area contributed by atoms with Gasteiger partial charge in [-0.3, -0.25) is 4.90 Å². The largest absolute Gasteiger partial charge is 0.329 e. The van der Waals surface area contributed by atoms with Crippen molar-refractivity contribution in [1.29, 1.82) is 0 Å². The average Bonchev–Trinajstić information content (AvgIpc) is 2.28. The van der Waals surface area contributed by atoms with Gasteiger partial charge in [0, 0.05) is 25.2 Å². The predicted octanol–water partition coefficient (Wildman–Crippen LogP) is 2.02. The maximum atomic E-state index is 6.10. The molecule has 0 unspecified atom stereocenters. The molecule has 0 bridgehead atoms. The second kappa shape index (κ2) is 6.88. The molecule has 1 fully saturated rings. The Morgan fingerprint density at radius 2 is 1.67 bits per heavy atom. The Bertz CT molecular complexity index is 230. The zero-order valence-corrected chi connectivity index (χ0v) is 13.1. The van der Waals surface area contributed by atoms with Gasteiger partial charge in [-0.15, -0.1) is 0 Å². The second-order valence-corrected chi connectivity index (χ2v) is 6.90. The van der Waals surface area contributed by atoms with Gasteiger partial charge in [0.25, 0.3) is 0 Å². The van der Waals surface area contributed by atoms with Crippen LogP contribution in [0.1, 0.15) is 40.5 Å². The molecule has 1 heterocycles. The first kappa shape index (κ1) is 15.9. The third-order valence-corrected chi connectivity index (χ3v) is 4.24. The third-order valence-electron chi connectivity index (χ3n) is 4.24.